The van der Waals surface area contributed by atoms with Gasteiger partial charge in [-0.3, -0.25) is 0 Å². The normalized spacial score (nSPS) is 24.0. The van der Waals surface area contributed by atoms with Crippen LogP contribution in [0, 0.1) is 5.92 Å². The molecular weight excluding hydrogens is 281 g/mol. The van der Waals surface area contributed by atoms with Crippen molar-refractivity contribution in [2.45, 2.75) is 19.3 Å². The van der Waals surface area contributed by atoms with E-state index in [0.717, 1.165) is 32.7 Å². The van der Waals surface area contributed by atoms with Gasteiger partial charge in [0, 0.05) is 32.2 Å². The van der Waals surface area contributed by atoms with Crippen molar-refractivity contribution in [1.29, 1.82) is 0 Å². The maximum Gasteiger partial charge on any atom is 0.0595 e. The lowest BCUT2D eigenvalue weighted by Crippen LogP contribution is -2.15. The molecule has 1 aliphatic heterocycles. The van der Waals surface area contributed by atoms with Crippen LogP contribution in [0.1, 0.15) is 24.8 Å². The average molecular weight is 302 g/mol. The highest BCUT2D eigenvalue weighted by atomic mass is 35.5. The molecule has 1 aromatic carbocycles. The smallest absolute Gasteiger partial charge is 0.0595 e. The van der Waals surface area contributed by atoms with Gasteiger partial charge in [-0.2, -0.15) is 0 Å². The van der Waals surface area contributed by atoms with Crippen LogP contribution in [0.5, 0.6) is 0 Å². The van der Waals surface area contributed by atoms with Gasteiger partial charge in [-0.15, -0.1) is 0 Å². The van der Waals surface area contributed by atoms with E-state index in [1.807, 2.05) is 19.1 Å². The van der Waals surface area contributed by atoms with Gasteiger partial charge in [0.15, 0.2) is 0 Å². The lowest BCUT2D eigenvalue weighted by Gasteiger charge is -2.19. The van der Waals surface area contributed by atoms with E-state index in [0.29, 0.717) is 21.9 Å². The zero-order valence-corrected chi connectivity index (χ0v) is 13.0. The molecule has 106 valence electrons. The molecule has 2 unspecified atom stereocenters. The maximum absolute atomic E-state index is 6.13. The molecule has 0 aliphatic carbocycles. The Hall–Kier alpha value is -0.280. The molecule has 19 heavy (non-hydrogen) atoms. The second kappa shape index (κ2) is 6.94. The van der Waals surface area contributed by atoms with E-state index in [-0.39, 0.29) is 0 Å². The number of halogens is 2. The van der Waals surface area contributed by atoms with Crippen LogP contribution in [0.2, 0.25) is 10.0 Å². The van der Waals surface area contributed by atoms with Crippen LogP contribution in [0.25, 0.3) is 0 Å². The van der Waals surface area contributed by atoms with Gasteiger partial charge >= 0.3 is 0 Å². The van der Waals surface area contributed by atoms with Crippen molar-refractivity contribution < 1.29 is 4.74 Å². The van der Waals surface area contributed by atoms with Crippen molar-refractivity contribution in [2.75, 3.05) is 33.4 Å². The van der Waals surface area contributed by atoms with Crippen LogP contribution in [0.15, 0.2) is 18.2 Å². The number of nitrogens with zero attached hydrogens (tertiary/aromatic N) is 1. The number of hydrogen-bond donors (Lipinski definition) is 0. The molecule has 2 rings (SSSR count). The minimum Gasteiger partial charge on any atom is -0.382 e. The number of likely N-dealkylation sites (tertiary alicyclic amines) is 1. The van der Waals surface area contributed by atoms with E-state index in [9.17, 15) is 0 Å². The molecule has 0 saturated carbocycles. The SMILES string of the molecule is CCOCCC1CN(C)CC1c1ccc(Cl)c(Cl)c1. The fraction of sp³-hybridized carbons (Fsp3) is 0.600. The maximum atomic E-state index is 6.13. The van der Waals surface area contributed by atoms with E-state index in [1.54, 1.807) is 0 Å². The van der Waals surface area contributed by atoms with Gasteiger partial charge in [-0.25, -0.2) is 0 Å². The summed E-state index contributed by atoms with van der Waals surface area (Å²) in [6.45, 7) is 5.87. The van der Waals surface area contributed by atoms with Crippen LogP contribution in [-0.4, -0.2) is 38.3 Å². The molecule has 0 N–H and O–H groups in total. The molecule has 1 heterocycles. The van der Waals surface area contributed by atoms with E-state index in [1.165, 1.54) is 5.56 Å². The van der Waals surface area contributed by atoms with Crippen molar-refractivity contribution in [1.82, 2.24) is 4.90 Å². The van der Waals surface area contributed by atoms with Crippen LogP contribution in [0.3, 0.4) is 0 Å². The molecule has 0 spiro atoms. The summed E-state index contributed by atoms with van der Waals surface area (Å²) in [5.74, 6) is 1.16. The molecule has 0 radical (unpaired) electrons. The standard InChI is InChI=1S/C15H21Cl2NO/c1-3-19-7-6-12-9-18(2)10-13(12)11-4-5-14(16)15(17)8-11/h4-5,8,12-13H,3,6-7,9-10H2,1-2H3. The summed E-state index contributed by atoms with van der Waals surface area (Å²) in [7, 11) is 2.17. The Labute approximate surface area is 125 Å². The fourth-order valence-electron chi connectivity index (χ4n) is 2.88. The first-order valence-corrected chi connectivity index (χ1v) is 7.58. The van der Waals surface area contributed by atoms with Gasteiger partial charge in [0.05, 0.1) is 10.0 Å². The largest absolute Gasteiger partial charge is 0.382 e. The summed E-state index contributed by atoms with van der Waals surface area (Å²) in [6.07, 6.45) is 1.10. The summed E-state index contributed by atoms with van der Waals surface area (Å²) in [5.41, 5.74) is 1.29. The monoisotopic (exact) mass is 301 g/mol. The third-order valence-corrected chi connectivity index (χ3v) is 4.57. The molecule has 0 amide bonds. The van der Waals surface area contributed by atoms with Crippen LogP contribution in [-0.2, 0) is 4.74 Å². The van der Waals surface area contributed by atoms with Crippen molar-refractivity contribution in [3.8, 4) is 0 Å². The van der Waals surface area contributed by atoms with E-state index >= 15 is 0 Å². The highest BCUT2D eigenvalue weighted by molar-refractivity contribution is 6.42. The van der Waals surface area contributed by atoms with Crippen molar-refractivity contribution in [2.24, 2.45) is 5.92 Å². The Morgan fingerprint density at radius 3 is 2.74 bits per heavy atom. The Morgan fingerprint density at radius 2 is 2.05 bits per heavy atom. The third kappa shape index (κ3) is 3.85. The number of ether oxygens (including phenoxy) is 1. The lowest BCUT2D eigenvalue weighted by atomic mass is 9.87. The summed E-state index contributed by atoms with van der Waals surface area (Å²) in [5, 5.41) is 1.28. The molecule has 1 aliphatic rings. The Morgan fingerprint density at radius 1 is 1.26 bits per heavy atom. The number of benzene rings is 1. The number of likely N-dealkylation sites (N-methyl/N-ethyl adjacent to an activating group) is 1. The highest BCUT2D eigenvalue weighted by Gasteiger charge is 2.31. The molecule has 2 nitrogen and oxygen atoms in total. The Kier molecular flexibility index (Phi) is 5.52. The summed E-state index contributed by atoms with van der Waals surface area (Å²) in [4.78, 5) is 2.38. The zero-order chi connectivity index (χ0) is 13.8. The Balaban J connectivity index is 2.09. The minimum absolute atomic E-state index is 0.528. The average Bonchev–Trinajstić information content (AvgIpc) is 2.74. The topological polar surface area (TPSA) is 12.5 Å². The molecule has 1 saturated heterocycles. The predicted molar refractivity (Wildman–Crippen MR) is 81.3 cm³/mol. The van der Waals surface area contributed by atoms with E-state index in [4.69, 9.17) is 27.9 Å². The predicted octanol–water partition coefficient (Wildman–Crippen LogP) is 4.07. The van der Waals surface area contributed by atoms with Crippen LogP contribution < -0.4 is 0 Å². The molecule has 4 heteroatoms. The molecular formula is C15H21Cl2NO. The van der Waals surface area contributed by atoms with Gasteiger partial charge < -0.3 is 9.64 Å². The quantitative estimate of drug-likeness (QED) is 0.760. The highest BCUT2D eigenvalue weighted by Crippen LogP contribution is 2.36. The van der Waals surface area contributed by atoms with E-state index < -0.39 is 0 Å². The van der Waals surface area contributed by atoms with Crippen molar-refractivity contribution in [3.63, 3.8) is 0 Å². The van der Waals surface area contributed by atoms with Crippen molar-refractivity contribution >= 4 is 23.2 Å². The molecule has 0 bridgehead atoms. The van der Waals surface area contributed by atoms with Gasteiger partial charge in [-0.1, -0.05) is 29.3 Å². The van der Waals surface area contributed by atoms with Gasteiger partial charge in [0.1, 0.15) is 0 Å². The van der Waals surface area contributed by atoms with Gasteiger partial charge in [0.25, 0.3) is 0 Å². The Bertz CT molecular complexity index is 425. The first-order valence-electron chi connectivity index (χ1n) is 6.83. The zero-order valence-electron chi connectivity index (χ0n) is 11.5. The number of hydrogen-bond acceptors (Lipinski definition) is 2. The first kappa shape index (κ1) is 15.1. The second-order valence-electron chi connectivity index (χ2n) is 5.25. The molecule has 2 atom stereocenters. The first-order chi connectivity index (χ1) is 9.11. The summed E-state index contributed by atoms with van der Waals surface area (Å²) in [6, 6.07) is 6.02. The van der Waals surface area contributed by atoms with Crippen LogP contribution in [0.4, 0.5) is 0 Å². The van der Waals surface area contributed by atoms with E-state index in [2.05, 4.69) is 18.0 Å². The lowest BCUT2D eigenvalue weighted by molar-refractivity contribution is 0.131. The van der Waals surface area contributed by atoms with Gasteiger partial charge in [0.2, 0.25) is 0 Å². The third-order valence-electron chi connectivity index (χ3n) is 3.83. The number of rotatable bonds is 5. The van der Waals surface area contributed by atoms with Gasteiger partial charge in [-0.05, 0) is 44.0 Å². The molecule has 0 aromatic heterocycles. The van der Waals surface area contributed by atoms with Crippen LogP contribution >= 0.6 is 23.2 Å². The second-order valence-corrected chi connectivity index (χ2v) is 6.06. The fourth-order valence-corrected chi connectivity index (χ4v) is 3.19. The summed E-state index contributed by atoms with van der Waals surface area (Å²) >= 11 is 12.1. The summed E-state index contributed by atoms with van der Waals surface area (Å²) < 4.78 is 5.49. The van der Waals surface area contributed by atoms with Crippen molar-refractivity contribution in [3.05, 3.63) is 33.8 Å². The minimum atomic E-state index is 0.528. The molecule has 1 fully saturated rings. The molecule has 1 aromatic rings.